The third-order valence-corrected chi connectivity index (χ3v) is 4.81. The molecular formula is C18H23F3N2O3. The van der Waals surface area contributed by atoms with Crippen LogP contribution >= 0.6 is 0 Å². The summed E-state index contributed by atoms with van der Waals surface area (Å²) in [7, 11) is 3.36. The van der Waals surface area contributed by atoms with Crippen LogP contribution in [0.4, 0.5) is 13.2 Å². The first-order valence-electron chi connectivity index (χ1n) is 8.54. The first-order chi connectivity index (χ1) is 12.2. The van der Waals surface area contributed by atoms with Crippen molar-refractivity contribution in [1.82, 2.24) is 9.80 Å². The average Bonchev–Trinajstić information content (AvgIpc) is 2.97. The van der Waals surface area contributed by atoms with Crippen LogP contribution in [0, 0.1) is 0 Å². The molecule has 1 amide bonds. The highest BCUT2D eigenvalue weighted by Gasteiger charge is 2.47. The number of likely N-dealkylation sites (N-methyl/N-ethyl adjacent to an activating group) is 1. The van der Waals surface area contributed by atoms with Gasteiger partial charge in [-0.1, -0.05) is 18.2 Å². The largest absolute Gasteiger partial charge is 0.416 e. The molecule has 5 nitrogen and oxygen atoms in total. The van der Waals surface area contributed by atoms with E-state index in [1.165, 1.54) is 17.0 Å². The number of carbonyl (C=O) groups excluding carboxylic acids is 1. The fourth-order valence-corrected chi connectivity index (χ4v) is 3.53. The quantitative estimate of drug-likeness (QED) is 0.816. The fourth-order valence-electron chi connectivity index (χ4n) is 3.53. The van der Waals surface area contributed by atoms with E-state index in [4.69, 9.17) is 9.47 Å². The number of nitrogens with zero attached hydrogens (tertiary/aromatic N) is 2. The number of amides is 1. The van der Waals surface area contributed by atoms with E-state index in [0.717, 1.165) is 6.07 Å². The normalized spacial score (nSPS) is 27.0. The molecule has 144 valence electrons. The van der Waals surface area contributed by atoms with Crippen molar-refractivity contribution in [2.45, 2.75) is 30.8 Å². The van der Waals surface area contributed by atoms with E-state index in [2.05, 4.69) is 4.90 Å². The molecule has 26 heavy (non-hydrogen) atoms. The summed E-state index contributed by atoms with van der Waals surface area (Å²) in [5, 5.41) is 0. The van der Waals surface area contributed by atoms with Crippen LogP contribution < -0.4 is 0 Å². The highest BCUT2D eigenvalue weighted by Crippen LogP contribution is 2.33. The van der Waals surface area contributed by atoms with Crippen molar-refractivity contribution in [2.24, 2.45) is 0 Å². The van der Waals surface area contributed by atoms with Gasteiger partial charge in [-0.3, -0.25) is 9.69 Å². The van der Waals surface area contributed by atoms with Crippen LogP contribution in [0.15, 0.2) is 24.3 Å². The number of ether oxygens (including phenoxy) is 2. The van der Waals surface area contributed by atoms with Gasteiger partial charge in [0.2, 0.25) is 0 Å². The first-order valence-corrected chi connectivity index (χ1v) is 8.54. The average molecular weight is 372 g/mol. The number of carbonyl (C=O) groups is 1. The molecule has 0 aromatic heterocycles. The predicted molar refractivity (Wildman–Crippen MR) is 88.5 cm³/mol. The van der Waals surface area contributed by atoms with Gasteiger partial charge in [-0.2, -0.15) is 13.2 Å². The summed E-state index contributed by atoms with van der Waals surface area (Å²) in [6, 6.07) is 5.39. The third kappa shape index (κ3) is 4.19. The van der Waals surface area contributed by atoms with Crippen molar-refractivity contribution in [3.05, 3.63) is 35.4 Å². The Bertz CT molecular complexity index is 665. The lowest BCUT2D eigenvalue weighted by atomic mass is 9.96. The first kappa shape index (κ1) is 19.1. The lowest BCUT2D eigenvalue weighted by Gasteiger charge is -2.39. The maximum absolute atomic E-state index is 12.9. The fraction of sp³-hybridized carbons (Fsp3) is 0.611. The Balaban J connectivity index is 1.66. The lowest BCUT2D eigenvalue weighted by molar-refractivity contribution is -0.138. The number of alkyl halides is 3. The maximum atomic E-state index is 12.9. The van der Waals surface area contributed by atoms with Gasteiger partial charge in [0.1, 0.15) is 11.7 Å². The molecule has 2 aliphatic heterocycles. The number of benzene rings is 1. The van der Waals surface area contributed by atoms with E-state index in [-0.39, 0.29) is 5.91 Å². The van der Waals surface area contributed by atoms with Crippen LogP contribution in [0.1, 0.15) is 17.5 Å². The summed E-state index contributed by atoms with van der Waals surface area (Å²) >= 11 is 0. The zero-order valence-corrected chi connectivity index (χ0v) is 14.9. The second kappa shape index (κ2) is 7.17. The minimum absolute atomic E-state index is 0.0968. The zero-order valence-electron chi connectivity index (χ0n) is 14.9. The van der Waals surface area contributed by atoms with Crippen LogP contribution in [0.5, 0.6) is 0 Å². The van der Waals surface area contributed by atoms with E-state index in [9.17, 15) is 18.0 Å². The van der Waals surface area contributed by atoms with Gasteiger partial charge in [0.25, 0.3) is 5.91 Å². The molecule has 2 aliphatic rings. The number of hydrogen-bond donors (Lipinski definition) is 0. The van der Waals surface area contributed by atoms with Gasteiger partial charge in [-0.15, -0.1) is 0 Å². The van der Waals surface area contributed by atoms with Crippen LogP contribution in [-0.2, 0) is 27.0 Å². The van der Waals surface area contributed by atoms with Gasteiger partial charge >= 0.3 is 6.18 Å². The molecule has 2 saturated heterocycles. The van der Waals surface area contributed by atoms with Gasteiger partial charge in [-0.25, -0.2) is 0 Å². The SMILES string of the molecule is CN(C)C(=O)C1CC2(CO1)CN(Cc1cccc(C(F)(F)F)c1)CCO2. The summed E-state index contributed by atoms with van der Waals surface area (Å²) in [5.74, 6) is -0.0968. The van der Waals surface area contributed by atoms with Crippen molar-refractivity contribution < 1.29 is 27.4 Å². The molecule has 1 aromatic carbocycles. The molecule has 0 saturated carbocycles. The molecule has 1 aromatic rings. The number of rotatable bonds is 3. The number of halogens is 3. The predicted octanol–water partition coefficient (Wildman–Crippen LogP) is 2.15. The van der Waals surface area contributed by atoms with Crippen molar-refractivity contribution >= 4 is 5.91 Å². The summed E-state index contributed by atoms with van der Waals surface area (Å²) < 4.78 is 50.2. The van der Waals surface area contributed by atoms with Gasteiger partial charge < -0.3 is 14.4 Å². The van der Waals surface area contributed by atoms with Crippen LogP contribution in [-0.4, -0.2) is 67.8 Å². The molecule has 2 fully saturated rings. The minimum Gasteiger partial charge on any atom is -0.370 e. The summed E-state index contributed by atoms with van der Waals surface area (Å²) in [4.78, 5) is 15.7. The zero-order chi connectivity index (χ0) is 18.9. The molecule has 0 radical (unpaired) electrons. The van der Waals surface area contributed by atoms with Crippen LogP contribution in [0.2, 0.25) is 0 Å². The Hall–Kier alpha value is -1.64. The standard InChI is InChI=1S/C18H23F3N2O3/c1-22(2)16(24)15-9-17(12-25-15)11-23(6-7-26-17)10-13-4-3-5-14(8-13)18(19,20)21/h3-5,8,15H,6-7,9-12H2,1-2H3. The van der Waals surface area contributed by atoms with Crippen molar-refractivity contribution in [3.8, 4) is 0 Å². The molecule has 8 heteroatoms. The van der Waals surface area contributed by atoms with Gasteiger partial charge in [-0.05, 0) is 11.6 Å². The Morgan fingerprint density at radius 1 is 1.38 bits per heavy atom. The Morgan fingerprint density at radius 2 is 2.15 bits per heavy atom. The Kier molecular flexibility index (Phi) is 5.28. The molecule has 1 spiro atoms. The number of morpholine rings is 1. The highest BCUT2D eigenvalue weighted by atomic mass is 19.4. The van der Waals surface area contributed by atoms with Crippen LogP contribution in [0.3, 0.4) is 0 Å². The number of hydrogen-bond acceptors (Lipinski definition) is 4. The van der Waals surface area contributed by atoms with Gasteiger partial charge in [0, 0.05) is 40.2 Å². The molecule has 3 rings (SSSR count). The van der Waals surface area contributed by atoms with Gasteiger partial charge in [0.15, 0.2) is 0 Å². The molecular weight excluding hydrogens is 349 g/mol. The summed E-state index contributed by atoms with van der Waals surface area (Å²) in [5.41, 5.74) is -0.605. The Morgan fingerprint density at radius 3 is 2.85 bits per heavy atom. The van der Waals surface area contributed by atoms with Crippen LogP contribution in [0.25, 0.3) is 0 Å². The maximum Gasteiger partial charge on any atom is 0.416 e. The molecule has 0 N–H and O–H groups in total. The van der Waals surface area contributed by atoms with Gasteiger partial charge in [0.05, 0.1) is 18.8 Å². The van der Waals surface area contributed by atoms with E-state index < -0.39 is 23.4 Å². The minimum atomic E-state index is -4.35. The molecule has 0 aliphatic carbocycles. The lowest BCUT2D eigenvalue weighted by Crippen LogP contribution is -2.52. The van der Waals surface area contributed by atoms with Crippen molar-refractivity contribution in [3.63, 3.8) is 0 Å². The second-order valence-electron chi connectivity index (χ2n) is 7.18. The van der Waals surface area contributed by atoms with E-state index in [0.29, 0.717) is 44.8 Å². The third-order valence-electron chi connectivity index (χ3n) is 4.81. The van der Waals surface area contributed by atoms with Crippen molar-refractivity contribution in [1.29, 1.82) is 0 Å². The van der Waals surface area contributed by atoms with E-state index in [1.807, 2.05) is 0 Å². The molecule has 2 unspecified atom stereocenters. The second-order valence-corrected chi connectivity index (χ2v) is 7.18. The molecule has 2 atom stereocenters. The smallest absolute Gasteiger partial charge is 0.370 e. The van der Waals surface area contributed by atoms with Crippen molar-refractivity contribution in [2.75, 3.05) is 40.4 Å². The topological polar surface area (TPSA) is 42.0 Å². The van der Waals surface area contributed by atoms with E-state index >= 15 is 0 Å². The summed E-state index contributed by atoms with van der Waals surface area (Å²) in [6.07, 6.45) is -4.41. The van der Waals surface area contributed by atoms with E-state index in [1.54, 1.807) is 20.2 Å². The molecule has 2 heterocycles. The monoisotopic (exact) mass is 372 g/mol. The Labute approximate surface area is 150 Å². The highest BCUT2D eigenvalue weighted by molar-refractivity contribution is 5.80. The summed E-state index contributed by atoms with van der Waals surface area (Å²) in [6.45, 7) is 2.34. The molecule has 0 bridgehead atoms.